The first-order chi connectivity index (χ1) is 9.20. The molecule has 3 rings (SSSR count). The van der Waals surface area contributed by atoms with Gasteiger partial charge in [-0.05, 0) is 24.1 Å². The number of nitrogens with zero attached hydrogens (tertiary/aromatic N) is 2. The zero-order valence-corrected chi connectivity index (χ0v) is 12.1. The van der Waals surface area contributed by atoms with Gasteiger partial charge in [-0.3, -0.25) is 4.90 Å². The summed E-state index contributed by atoms with van der Waals surface area (Å²) in [5.41, 5.74) is 2.16. The fourth-order valence-electron chi connectivity index (χ4n) is 2.39. The molecule has 1 aromatic carbocycles. The summed E-state index contributed by atoms with van der Waals surface area (Å²) >= 11 is 3.43. The number of likely N-dealkylation sites (tertiary alicyclic amines) is 1. The molecule has 2 heterocycles. The third-order valence-corrected chi connectivity index (χ3v) is 3.93. The lowest BCUT2D eigenvalue weighted by Gasteiger charge is -2.12. The van der Waals surface area contributed by atoms with Crippen molar-refractivity contribution in [2.24, 2.45) is 0 Å². The zero-order valence-electron chi connectivity index (χ0n) is 10.5. The average molecular weight is 322 g/mol. The SMILES string of the molecule is O[C@@H]1CCN(Cc2ncc(-c3ccc(Br)cc3)[nH]2)C1. The Hall–Kier alpha value is -1.17. The maximum absolute atomic E-state index is 9.51. The van der Waals surface area contributed by atoms with Crippen LogP contribution in [-0.2, 0) is 6.54 Å². The van der Waals surface area contributed by atoms with E-state index in [0.29, 0.717) is 0 Å². The number of hydrogen-bond donors (Lipinski definition) is 2. The van der Waals surface area contributed by atoms with Crippen LogP contribution in [0.3, 0.4) is 0 Å². The molecule has 5 heteroatoms. The predicted molar refractivity (Wildman–Crippen MR) is 77.6 cm³/mol. The summed E-state index contributed by atoms with van der Waals surface area (Å²) in [6.07, 6.45) is 2.55. The zero-order chi connectivity index (χ0) is 13.2. The van der Waals surface area contributed by atoms with Gasteiger partial charge in [0.1, 0.15) is 5.82 Å². The first kappa shape index (κ1) is 12.8. The Balaban J connectivity index is 1.71. The summed E-state index contributed by atoms with van der Waals surface area (Å²) in [6.45, 7) is 2.46. The molecule has 1 fully saturated rings. The van der Waals surface area contributed by atoms with Crippen LogP contribution in [0.15, 0.2) is 34.9 Å². The van der Waals surface area contributed by atoms with Gasteiger partial charge in [-0.25, -0.2) is 4.98 Å². The van der Waals surface area contributed by atoms with Crippen LogP contribution >= 0.6 is 15.9 Å². The second-order valence-corrected chi connectivity index (χ2v) is 5.84. The highest BCUT2D eigenvalue weighted by Crippen LogP contribution is 2.20. The van der Waals surface area contributed by atoms with E-state index in [2.05, 4.69) is 42.9 Å². The van der Waals surface area contributed by atoms with Gasteiger partial charge < -0.3 is 10.1 Å². The van der Waals surface area contributed by atoms with Crippen LogP contribution < -0.4 is 0 Å². The summed E-state index contributed by atoms with van der Waals surface area (Å²) in [5, 5.41) is 9.51. The quantitative estimate of drug-likeness (QED) is 0.912. The maximum Gasteiger partial charge on any atom is 0.120 e. The highest BCUT2D eigenvalue weighted by atomic mass is 79.9. The number of imidazole rings is 1. The molecule has 1 aliphatic heterocycles. The summed E-state index contributed by atoms with van der Waals surface area (Å²) in [6, 6.07) is 8.15. The van der Waals surface area contributed by atoms with E-state index in [-0.39, 0.29) is 6.10 Å². The van der Waals surface area contributed by atoms with Crippen molar-refractivity contribution in [2.75, 3.05) is 13.1 Å². The van der Waals surface area contributed by atoms with Gasteiger partial charge >= 0.3 is 0 Å². The molecule has 0 bridgehead atoms. The van der Waals surface area contributed by atoms with E-state index >= 15 is 0 Å². The topological polar surface area (TPSA) is 52.1 Å². The first-order valence-corrected chi connectivity index (χ1v) is 7.20. The molecule has 0 radical (unpaired) electrons. The Morgan fingerprint density at radius 3 is 2.84 bits per heavy atom. The largest absolute Gasteiger partial charge is 0.392 e. The number of H-pyrrole nitrogens is 1. The van der Waals surface area contributed by atoms with Gasteiger partial charge in [0.2, 0.25) is 0 Å². The van der Waals surface area contributed by atoms with Gasteiger partial charge in [0.25, 0.3) is 0 Å². The van der Waals surface area contributed by atoms with E-state index in [1.54, 1.807) is 0 Å². The molecule has 0 unspecified atom stereocenters. The molecule has 4 nitrogen and oxygen atoms in total. The van der Waals surface area contributed by atoms with E-state index in [9.17, 15) is 5.11 Å². The molecular formula is C14H16BrN3O. The molecule has 1 saturated heterocycles. The fourth-order valence-corrected chi connectivity index (χ4v) is 2.65. The average Bonchev–Trinajstić information content (AvgIpc) is 3.00. The standard InChI is InChI=1S/C14H16BrN3O/c15-11-3-1-10(2-4-11)13-7-16-14(17-13)9-18-6-5-12(19)8-18/h1-4,7,12,19H,5-6,8-9H2,(H,16,17)/t12-/m1/s1. The Morgan fingerprint density at radius 1 is 1.37 bits per heavy atom. The van der Waals surface area contributed by atoms with Crippen molar-refractivity contribution in [3.63, 3.8) is 0 Å². The van der Waals surface area contributed by atoms with Gasteiger partial charge in [0.05, 0.1) is 24.5 Å². The molecule has 0 spiro atoms. The maximum atomic E-state index is 9.51. The lowest BCUT2D eigenvalue weighted by molar-refractivity contribution is 0.174. The van der Waals surface area contributed by atoms with Crippen molar-refractivity contribution in [1.82, 2.24) is 14.9 Å². The summed E-state index contributed by atoms with van der Waals surface area (Å²) in [4.78, 5) is 9.97. The minimum absolute atomic E-state index is 0.180. The molecule has 2 aromatic rings. The van der Waals surface area contributed by atoms with Crippen LogP contribution in [0.4, 0.5) is 0 Å². The van der Waals surface area contributed by atoms with Crippen molar-refractivity contribution in [2.45, 2.75) is 19.1 Å². The van der Waals surface area contributed by atoms with E-state index in [0.717, 1.165) is 47.6 Å². The monoisotopic (exact) mass is 321 g/mol. The normalized spacial score (nSPS) is 20.0. The third kappa shape index (κ3) is 3.05. The van der Waals surface area contributed by atoms with E-state index < -0.39 is 0 Å². The highest BCUT2D eigenvalue weighted by molar-refractivity contribution is 9.10. The van der Waals surface area contributed by atoms with Crippen LogP contribution in [0.25, 0.3) is 11.3 Å². The molecule has 1 aliphatic rings. The molecule has 0 aliphatic carbocycles. The minimum atomic E-state index is -0.180. The summed E-state index contributed by atoms with van der Waals surface area (Å²) in [5.74, 6) is 0.951. The van der Waals surface area contributed by atoms with Gasteiger partial charge in [0, 0.05) is 17.6 Å². The number of aliphatic hydroxyl groups is 1. The summed E-state index contributed by atoms with van der Waals surface area (Å²) < 4.78 is 1.07. The molecule has 1 atom stereocenters. The Bertz CT molecular complexity index is 552. The molecule has 19 heavy (non-hydrogen) atoms. The lowest BCUT2D eigenvalue weighted by Crippen LogP contribution is -2.22. The van der Waals surface area contributed by atoms with Crippen LogP contribution in [0.5, 0.6) is 0 Å². The molecule has 1 aromatic heterocycles. The van der Waals surface area contributed by atoms with Crippen molar-refractivity contribution in [1.29, 1.82) is 0 Å². The number of benzene rings is 1. The Morgan fingerprint density at radius 2 is 2.16 bits per heavy atom. The van der Waals surface area contributed by atoms with E-state index in [4.69, 9.17) is 0 Å². The van der Waals surface area contributed by atoms with Crippen molar-refractivity contribution in [3.05, 3.63) is 40.8 Å². The smallest absolute Gasteiger partial charge is 0.120 e. The van der Waals surface area contributed by atoms with Crippen LogP contribution in [0, 0.1) is 0 Å². The second kappa shape index (κ2) is 5.45. The van der Waals surface area contributed by atoms with E-state index in [1.165, 1.54) is 0 Å². The molecule has 2 N–H and O–H groups in total. The number of aromatic nitrogens is 2. The highest BCUT2D eigenvalue weighted by Gasteiger charge is 2.20. The Kier molecular flexibility index (Phi) is 3.68. The number of β-amino-alcohol motifs (C(OH)–C–C–N with tert-alkyl or cyclic N) is 1. The van der Waals surface area contributed by atoms with Gasteiger partial charge in [-0.15, -0.1) is 0 Å². The number of hydrogen-bond acceptors (Lipinski definition) is 3. The fraction of sp³-hybridized carbons (Fsp3) is 0.357. The number of rotatable bonds is 3. The summed E-state index contributed by atoms with van der Waals surface area (Å²) in [7, 11) is 0. The number of aromatic amines is 1. The molecule has 100 valence electrons. The molecule has 0 saturated carbocycles. The van der Waals surface area contributed by atoms with Crippen molar-refractivity contribution >= 4 is 15.9 Å². The predicted octanol–water partition coefficient (Wildman–Crippen LogP) is 2.41. The van der Waals surface area contributed by atoms with Crippen molar-refractivity contribution in [3.8, 4) is 11.3 Å². The van der Waals surface area contributed by atoms with Gasteiger partial charge in [-0.2, -0.15) is 0 Å². The third-order valence-electron chi connectivity index (χ3n) is 3.40. The molecule has 0 amide bonds. The van der Waals surface area contributed by atoms with Crippen molar-refractivity contribution < 1.29 is 5.11 Å². The number of aliphatic hydroxyl groups excluding tert-OH is 1. The second-order valence-electron chi connectivity index (χ2n) is 4.93. The van der Waals surface area contributed by atoms with Crippen LogP contribution in [0.1, 0.15) is 12.2 Å². The Labute approximate surface area is 120 Å². The van der Waals surface area contributed by atoms with Crippen LogP contribution in [-0.4, -0.2) is 39.2 Å². The number of halogens is 1. The van der Waals surface area contributed by atoms with Gasteiger partial charge in [-0.1, -0.05) is 28.1 Å². The lowest BCUT2D eigenvalue weighted by atomic mass is 10.2. The minimum Gasteiger partial charge on any atom is -0.392 e. The first-order valence-electron chi connectivity index (χ1n) is 6.41. The number of nitrogens with one attached hydrogen (secondary N) is 1. The molecular weight excluding hydrogens is 306 g/mol. The van der Waals surface area contributed by atoms with Gasteiger partial charge in [0.15, 0.2) is 0 Å². The van der Waals surface area contributed by atoms with E-state index in [1.807, 2.05) is 18.3 Å². The van der Waals surface area contributed by atoms with Crippen LogP contribution in [0.2, 0.25) is 0 Å².